The van der Waals surface area contributed by atoms with Crippen molar-refractivity contribution < 1.29 is 43.1 Å². The standard InChI is InChI=1S/C4H4O5.Li/c5-2-9-4(8)1-3(6)7;/h2H,1H2,(H,6,7);/q;+1/p-1. The summed E-state index contributed by atoms with van der Waals surface area (Å²) in [5.41, 5.74) is 0. The van der Waals surface area contributed by atoms with Gasteiger partial charge in [-0.3, -0.25) is 9.59 Å². The second-order valence-electron chi connectivity index (χ2n) is 1.13. The molecule has 5 nitrogen and oxygen atoms in total. The van der Waals surface area contributed by atoms with E-state index in [0.29, 0.717) is 0 Å². The summed E-state index contributed by atoms with van der Waals surface area (Å²) in [6, 6.07) is 0. The molecule has 50 valence electrons. The maximum atomic E-state index is 9.98. The molecule has 0 aliphatic carbocycles. The molecule has 6 heteroatoms. The molecule has 0 spiro atoms. The summed E-state index contributed by atoms with van der Waals surface area (Å²) in [5, 5.41) is 9.56. The predicted molar refractivity (Wildman–Crippen MR) is 21.8 cm³/mol. The fourth-order valence-electron chi connectivity index (χ4n) is 0.213. The number of carboxylic acids is 1. The van der Waals surface area contributed by atoms with Crippen LogP contribution in [0.1, 0.15) is 6.42 Å². The second-order valence-corrected chi connectivity index (χ2v) is 1.13. The summed E-state index contributed by atoms with van der Waals surface area (Å²) in [4.78, 5) is 28.9. The van der Waals surface area contributed by atoms with Crippen LogP contribution in [0.15, 0.2) is 0 Å². The van der Waals surface area contributed by atoms with Gasteiger partial charge in [0.15, 0.2) is 0 Å². The van der Waals surface area contributed by atoms with Gasteiger partial charge in [0, 0.05) is 0 Å². The first-order valence-corrected chi connectivity index (χ1v) is 2.00. The van der Waals surface area contributed by atoms with Crippen molar-refractivity contribution in [1.82, 2.24) is 0 Å². The summed E-state index contributed by atoms with van der Waals surface area (Å²) in [5.74, 6) is -2.69. The van der Waals surface area contributed by atoms with E-state index in [1.54, 1.807) is 0 Å². The third-order valence-corrected chi connectivity index (χ3v) is 0.468. The van der Waals surface area contributed by atoms with Crippen molar-refractivity contribution in [2.75, 3.05) is 0 Å². The fourth-order valence-corrected chi connectivity index (χ4v) is 0.213. The molecule has 0 radical (unpaired) electrons. The summed E-state index contributed by atoms with van der Waals surface area (Å²) in [6.45, 7) is -0.134. The number of ether oxygens (including phenoxy) is 1. The van der Waals surface area contributed by atoms with E-state index in [9.17, 15) is 19.5 Å². The van der Waals surface area contributed by atoms with E-state index in [2.05, 4.69) is 4.74 Å². The maximum Gasteiger partial charge on any atom is 1.00 e. The number of hydrogen-bond donors (Lipinski definition) is 0. The Balaban J connectivity index is 0. The quantitative estimate of drug-likeness (QED) is 0.168. The van der Waals surface area contributed by atoms with E-state index in [-0.39, 0.29) is 25.3 Å². The first kappa shape index (κ1) is 11.9. The molecule has 0 rings (SSSR count). The summed E-state index contributed by atoms with van der Waals surface area (Å²) < 4.78 is 3.61. The van der Waals surface area contributed by atoms with Crippen LogP contribution in [0.5, 0.6) is 0 Å². The number of carbonyl (C=O) groups excluding carboxylic acids is 3. The third kappa shape index (κ3) is 7.21. The fraction of sp³-hybridized carbons (Fsp3) is 0.250. The normalized spacial score (nSPS) is 7.20. The van der Waals surface area contributed by atoms with Gasteiger partial charge in [0.2, 0.25) is 0 Å². The topological polar surface area (TPSA) is 83.5 Å². The molecule has 0 aromatic rings. The molecule has 0 saturated heterocycles. The van der Waals surface area contributed by atoms with Crippen LogP contribution >= 0.6 is 0 Å². The smallest absolute Gasteiger partial charge is 0.550 e. The van der Waals surface area contributed by atoms with E-state index in [0.717, 1.165) is 0 Å². The zero-order chi connectivity index (χ0) is 7.28. The van der Waals surface area contributed by atoms with Crippen LogP contribution in [0.3, 0.4) is 0 Å². The van der Waals surface area contributed by atoms with Crippen molar-refractivity contribution in [3.63, 3.8) is 0 Å². The molecular weight excluding hydrogens is 135 g/mol. The zero-order valence-corrected chi connectivity index (χ0v) is 5.33. The van der Waals surface area contributed by atoms with Gasteiger partial charge in [0.05, 0.1) is 12.4 Å². The maximum absolute atomic E-state index is 9.98. The van der Waals surface area contributed by atoms with Gasteiger partial charge in [0.25, 0.3) is 0 Å². The average molecular weight is 138 g/mol. The van der Waals surface area contributed by atoms with Gasteiger partial charge in [-0.25, -0.2) is 0 Å². The molecule has 0 aliphatic heterocycles. The van der Waals surface area contributed by atoms with Gasteiger partial charge in [-0.05, 0) is 0 Å². The van der Waals surface area contributed by atoms with Gasteiger partial charge in [-0.15, -0.1) is 0 Å². The zero-order valence-electron chi connectivity index (χ0n) is 5.33. The van der Waals surface area contributed by atoms with Crippen LogP contribution in [-0.2, 0) is 19.1 Å². The van der Waals surface area contributed by atoms with E-state index >= 15 is 0 Å². The van der Waals surface area contributed by atoms with Crippen LogP contribution in [0.25, 0.3) is 0 Å². The Kier molecular flexibility index (Phi) is 7.56. The molecule has 0 bridgehead atoms. The minimum Gasteiger partial charge on any atom is -0.550 e. The Bertz CT molecular complexity index is 143. The number of aliphatic carboxylic acids is 1. The first-order valence-electron chi connectivity index (χ1n) is 2.00. The van der Waals surface area contributed by atoms with Crippen LogP contribution in [0.4, 0.5) is 0 Å². The molecule has 0 N–H and O–H groups in total. The van der Waals surface area contributed by atoms with E-state index in [4.69, 9.17) is 0 Å². The molecule has 0 aromatic carbocycles. The number of esters is 1. The molecule has 0 aromatic heterocycles. The summed E-state index contributed by atoms with van der Waals surface area (Å²) in [6.07, 6.45) is -0.890. The molecule has 10 heavy (non-hydrogen) atoms. The number of hydrogen-bond acceptors (Lipinski definition) is 5. The molecule has 0 unspecified atom stereocenters. The molecule has 0 amide bonds. The Morgan fingerprint density at radius 3 is 2.30 bits per heavy atom. The number of carboxylic acid groups (broad SMARTS) is 1. The van der Waals surface area contributed by atoms with E-state index in [1.807, 2.05) is 0 Å². The van der Waals surface area contributed by atoms with Crippen molar-refractivity contribution in [2.45, 2.75) is 6.42 Å². The Morgan fingerprint density at radius 2 is 2.00 bits per heavy atom. The molecule has 0 saturated carbocycles. The molecular formula is C4H3LiO5. The van der Waals surface area contributed by atoms with Crippen LogP contribution in [-0.4, -0.2) is 18.4 Å². The van der Waals surface area contributed by atoms with Gasteiger partial charge >= 0.3 is 31.3 Å². The van der Waals surface area contributed by atoms with Crippen molar-refractivity contribution in [1.29, 1.82) is 0 Å². The molecule has 0 atom stereocenters. The molecule has 0 aliphatic rings. The Labute approximate surface area is 68.5 Å². The van der Waals surface area contributed by atoms with Crippen molar-refractivity contribution >= 4 is 18.4 Å². The number of carbonyl (C=O) groups is 3. The minimum absolute atomic E-state index is 0. The first-order chi connectivity index (χ1) is 4.16. The van der Waals surface area contributed by atoms with Gasteiger partial charge in [-0.1, -0.05) is 0 Å². The summed E-state index contributed by atoms with van der Waals surface area (Å²) >= 11 is 0. The Hall–Kier alpha value is -0.793. The number of rotatable bonds is 3. The Morgan fingerprint density at radius 1 is 1.50 bits per heavy atom. The average Bonchev–Trinajstić information content (AvgIpc) is 1.63. The third-order valence-electron chi connectivity index (χ3n) is 0.468. The van der Waals surface area contributed by atoms with Crippen LogP contribution in [0, 0.1) is 0 Å². The SMILES string of the molecule is O=COC(=O)CC(=O)[O-].[Li+]. The van der Waals surface area contributed by atoms with E-state index < -0.39 is 18.4 Å². The van der Waals surface area contributed by atoms with E-state index in [1.165, 1.54) is 0 Å². The van der Waals surface area contributed by atoms with Crippen LogP contribution in [0.2, 0.25) is 0 Å². The monoisotopic (exact) mass is 138 g/mol. The van der Waals surface area contributed by atoms with Gasteiger partial charge in [0.1, 0.15) is 0 Å². The van der Waals surface area contributed by atoms with Crippen molar-refractivity contribution in [3.05, 3.63) is 0 Å². The largest absolute Gasteiger partial charge is 1.00 e. The second kappa shape index (κ2) is 6.33. The molecule has 0 fully saturated rings. The minimum atomic E-state index is -1.57. The van der Waals surface area contributed by atoms with Gasteiger partial charge < -0.3 is 14.6 Å². The summed E-state index contributed by atoms with van der Waals surface area (Å²) in [7, 11) is 0. The van der Waals surface area contributed by atoms with Crippen molar-refractivity contribution in [2.24, 2.45) is 0 Å². The molecule has 0 heterocycles. The van der Waals surface area contributed by atoms with Gasteiger partial charge in [-0.2, -0.15) is 0 Å². The van der Waals surface area contributed by atoms with Crippen LogP contribution < -0.4 is 24.0 Å². The predicted octanol–water partition coefficient (Wildman–Crippen LogP) is -5.17. The van der Waals surface area contributed by atoms with Crippen molar-refractivity contribution in [3.8, 4) is 0 Å².